The highest BCUT2D eigenvalue weighted by molar-refractivity contribution is 7.89. The van der Waals surface area contributed by atoms with Crippen LogP contribution in [-0.4, -0.2) is 40.2 Å². The summed E-state index contributed by atoms with van der Waals surface area (Å²) in [6, 6.07) is 3.57. The van der Waals surface area contributed by atoms with Gasteiger partial charge in [-0.05, 0) is 38.0 Å². The van der Waals surface area contributed by atoms with Gasteiger partial charge in [-0.25, -0.2) is 17.9 Å². The van der Waals surface area contributed by atoms with Gasteiger partial charge in [-0.3, -0.25) is 0 Å². The molecule has 8 heteroatoms. The number of benzene rings is 1. The number of hydrogen-bond acceptors (Lipinski definition) is 5. The van der Waals surface area contributed by atoms with Crippen molar-refractivity contribution in [1.29, 1.82) is 0 Å². The van der Waals surface area contributed by atoms with Gasteiger partial charge in [-0.15, -0.1) is 0 Å². The molecule has 0 unspecified atom stereocenters. The molecule has 2 rings (SSSR count). The molecule has 0 amide bonds. The lowest BCUT2D eigenvalue weighted by Gasteiger charge is -2.20. The molecule has 1 saturated heterocycles. The van der Waals surface area contributed by atoms with Crippen molar-refractivity contribution in [2.45, 2.75) is 36.8 Å². The lowest BCUT2D eigenvalue weighted by molar-refractivity contribution is 0.0600. The van der Waals surface area contributed by atoms with Crippen LogP contribution in [0.3, 0.4) is 0 Å². The fourth-order valence-corrected chi connectivity index (χ4v) is 4.16. The first-order valence-corrected chi connectivity index (χ1v) is 8.73. The SMILES string of the molecule is COC(=O)c1ccc(S(=O)(=O)N[C@H](C)[C@@H]2CCCO2)c(Cl)c1. The zero-order valence-electron chi connectivity index (χ0n) is 12.3. The average Bonchev–Trinajstić information content (AvgIpc) is 2.99. The molecule has 2 atom stereocenters. The summed E-state index contributed by atoms with van der Waals surface area (Å²) in [6.45, 7) is 2.40. The Hall–Kier alpha value is -1.15. The summed E-state index contributed by atoms with van der Waals surface area (Å²) >= 11 is 6.00. The number of halogens is 1. The summed E-state index contributed by atoms with van der Waals surface area (Å²) in [7, 11) is -2.55. The van der Waals surface area contributed by atoms with Crippen molar-refractivity contribution >= 4 is 27.6 Å². The van der Waals surface area contributed by atoms with E-state index in [-0.39, 0.29) is 27.6 Å². The molecule has 6 nitrogen and oxygen atoms in total. The van der Waals surface area contributed by atoms with E-state index >= 15 is 0 Å². The van der Waals surface area contributed by atoms with Crippen LogP contribution in [0.15, 0.2) is 23.1 Å². The van der Waals surface area contributed by atoms with Gasteiger partial charge in [0.1, 0.15) is 4.90 Å². The summed E-state index contributed by atoms with van der Waals surface area (Å²) in [6.07, 6.45) is 1.60. The van der Waals surface area contributed by atoms with Gasteiger partial charge in [0.15, 0.2) is 0 Å². The Morgan fingerprint density at radius 1 is 1.50 bits per heavy atom. The molecule has 0 aromatic heterocycles. The smallest absolute Gasteiger partial charge is 0.337 e. The number of ether oxygens (including phenoxy) is 2. The largest absolute Gasteiger partial charge is 0.465 e. The predicted molar refractivity (Wildman–Crippen MR) is 81.5 cm³/mol. The molecule has 22 heavy (non-hydrogen) atoms. The van der Waals surface area contributed by atoms with Crippen molar-refractivity contribution in [3.8, 4) is 0 Å². The van der Waals surface area contributed by atoms with E-state index < -0.39 is 16.0 Å². The minimum atomic E-state index is -3.79. The maximum Gasteiger partial charge on any atom is 0.337 e. The first kappa shape index (κ1) is 17.2. The van der Waals surface area contributed by atoms with Crippen LogP contribution in [0.1, 0.15) is 30.1 Å². The number of nitrogens with one attached hydrogen (secondary N) is 1. The van der Waals surface area contributed by atoms with Gasteiger partial charge in [0, 0.05) is 12.6 Å². The molecule has 0 spiro atoms. The lowest BCUT2D eigenvalue weighted by Crippen LogP contribution is -2.40. The molecule has 122 valence electrons. The third-order valence-electron chi connectivity index (χ3n) is 3.51. The minimum absolute atomic E-state index is 0.0325. The Balaban J connectivity index is 2.20. The second-order valence-electron chi connectivity index (χ2n) is 5.10. The number of hydrogen-bond donors (Lipinski definition) is 1. The van der Waals surface area contributed by atoms with E-state index in [4.69, 9.17) is 16.3 Å². The molecule has 1 aliphatic rings. The molecule has 1 aromatic carbocycles. The van der Waals surface area contributed by atoms with Crippen molar-refractivity contribution in [1.82, 2.24) is 4.72 Å². The zero-order valence-corrected chi connectivity index (χ0v) is 13.9. The van der Waals surface area contributed by atoms with Crippen LogP contribution in [-0.2, 0) is 19.5 Å². The highest BCUT2D eigenvalue weighted by Crippen LogP contribution is 2.24. The second-order valence-corrected chi connectivity index (χ2v) is 7.19. The van der Waals surface area contributed by atoms with Crippen LogP contribution in [0.2, 0.25) is 5.02 Å². The summed E-state index contributed by atoms with van der Waals surface area (Å²) in [5.41, 5.74) is 0.193. The van der Waals surface area contributed by atoms with Gasteiger partial charge in [-0.2, -0.15) is 0 Å². The molecular formula is C14H18ClNO5S. The van der Waals surface area contributed by atoms with Gasteiger partial charge in [0.25, 0.3) is 0 Å². The molecule has 1 fully saturated rings. The fourth-order valence-electron chi connectivity index (χ4n) is 2.34. The maximum absolute atomic E-state index is 12.4. The standard InChI is InChI=1S/C14H18ClNO5S/c1-9(12-4-3-7-21-12)16-22(18,19)13-6-5-10(8-11(13)15)14(17)20-2/h5-6,8-9,12,16H,3-4,7H2,1-2H3/t9-,12+/m1/s1. The highest BCUT2D eigenvalue weighted by atomic mass is 35.5. The van der Waals surface area contributed by atoms with E-state index in [1.165, 1.54) is 25.3 Å². The van der Waals surface area contributed by atoms with Crippen molar-refractivity contribution in [2.24, 2.45) is 0 Å². The summed E-state index contributed by atoms with van der Waals surface area (Å²) in [5.74, 6) is -0.577. The van der Waals surface area contributed by atoms with Crippen LogP contribution < -0.4 is 4.72 Å². The first-order valence-electron chi connectivity index (χ1n) is 6.87. The Morgan fingerprint density at radius 3 is 2.77 bits per heavy atom. The zero-order chi connectivity index (χ0) is 16.3. The fraction of sp³-hybridized carbons (Fsp3) is 0.500. The van der Waals surface area contributed by atoms with Gasteiger partial charge in [0.05, 0.1) is 23.8 Å². The van der Waals surface area contributed by atoms with Crippen LogP contribution >= 0.6 is 11.6 Å². The van der Waals surface area contributed by atoms with E-state index in [2.05, 4.69) is 9.46 Å². The van der Waals surface area contributed by atoms with Crippen molar-refractivity contribution in [3.63, 3.8) is 0 Å². The highest BCUT2D eigenvalue weighted by Gasteiger charge is 2.28. The van der Waals surface area contributed by atoms with Crippen molar-refractivity contribution in [3.05, 3.63) is 28.8 Å². The Bertz CT molecular complexity index is 655. The number of esters is 1. The lowest BCUT2D eigenvalue weighted by atomic mass is 10.1. The van der Waals surface area contributed by atoms with E-state index in [1.54, 1.807) is 6.92 Å². The number of methoxy groups -OCH3 is 1. The van der Waals surface area contributed by atoms with Gasteiger partial charge in [-0.1, -0.05) is 11.6 Å². The molecule has 1 N–H and O–H groups in total. The number of carbonyl (C=O) groups is 1. The number of sulfonamides is 1. The van der Waals surface area contributed by atoms with Gasteiger partial charge >= 0.3 is 5.97 Å². The quantitative estimate of drug-likeness (QED) is 0.823. The average molecular weight is 348 g/mol. The van der Waals surface area contributed by atoms with Crippen molar-refractivity contribution in [2.75, 3.05) is 13.7 Å². The molecular weight excluding hydrogens is 330 g/mol. The third-order valence-corrected chi connectivity index (χ3v) is 5.55. The van der Waals surface area contributed by atoms with Crippen molar-refractivity contribution < 1.29 is 22.7 Å². The van der Waals surface area contributed by atoms with Crippen LogP contribution in [0.25, 0.3) is 0 Å². The second kappa shape index (κ2) is 6.95. The number of rotatable bonds is 5. The van der Waals surface area contributed by atoms with E-state index in [0.29, 0.717) is 6.61 Å². The topological polar surface area (TPSA) is 81.7 Å². The molecule has 0 bridgehead atoms. The molecule has 0 aliphatic carbocycles. The van der Waals surface area contributed by atoms with Crippen LogP contribution in [0, 0.1) is 0 Å². The summed E-state index contributed by atoms with van der Waals surface area (Å²) in [4.78, 5) is 11.3. The minimum Gasteiger partial charge on any atom is -0.465 e. The maximum atomic E-state index is 12.4. The predicted octanol–water partition coefficient (Wildman–Crippen LogP) is 1.97. The van der Waals surface area contributed by atoms with E-state index in [9.17, 15) is 13.2 Å². The number of carbonyl (C=O) groups excluding carboxylic acids is 1. The monoisotopic (exact) mass is 347 g/mol. The summed E-state index contributed by atoms with van der Waals surface area (Å²) < 4.78 is 37.4. The third kappa shape index (κ3) is 3.78. The van der Waals surface area contributed by atoms with Crippen LogP contribution in [0.4, 0.5) is 0 Å². The van der Waals surface area contributed by atoms with E-state index in [0.717, 1.165) is 12.8 Å². The van der Waals surface area contributed by atoms with Gasteiger partial charge < -0.3 is 9.47 Å². The Kier molecular flexibility index (Phi) is 5.44. The molecule has 1 aliphatic heterocycles. The molecule has 0 radical (unpaired) electrons. The van der Waals surface area contributed by atoms with E-state index in [1.807, 2.05) is 0 Å². The molecule has 1 aromatic rings. The first-order chi connectivity index (χ1) is 10.3. The summed E-state index contributed by atoms with van der Waals surface area (Å²) in [5, 5.41) is -0.0325. The normalized spacial score (nSPS) is 19.9. The molecule has 1 heterocycles. The Labute approximate surface area is 134 Å². The Morgan fingerprint density at radius 2 is 2.23 bits per heavy atom. The van der Waals surface area contributed by atoms with Crippen LogP contribution in [0.5, 0.6) is 0 Å². The molecule has 0 saturated carbocycles. The van der Waals surface area contributed by atoms with Gasteiger partial charge in [0.2, 0.25) is 10.0 Å².